The van der Waals surface area contributed by atoms with Gasteiger partial charge in [0.25, 0.3) is 5.91 Å². The summed E-state index contributed by atoms with van der Waals surface area (Å²) in [5.74, 6) is -1.18. The van der Waals surface area contributed by atoms with Gasteiger partial charge in [0.2, 0.25) is 0 Å². The van der Waals surface area contributed by atoms with Gasteiger partial charge in [-0.2, -0.15) is 0 Å². The highest BCUT2D eigenvalue weighted by atomic mass is 16.7. The first kappa shape index (κ1) is 43.1. The number of ether oxygens (including phenoxy) is 5. The first-order valence-corrected chi connectivity index (χ1v) is 19.1. The molecule has 53 heavy (non-hydrogen) atoms. The van der Waals surface area contributed by atoms with Gasteiger partial charge in [-0.05, 0) is 86.7 Å². The fourth-order valence-corrected chi connectivity index (χ4v) is 8.53. The van der Waals surface area contributed by atoms with Crippen LogP contribution in [-0.2, 0) is 28.5 Å². The maximum atomic E-state index is 14.4. The Morgan fingerprint density at radius 2 is 1.66 bits per heavy atom. The van der Waals surface area contributed by atoms with Crippen LogP contribution in [0.15, 0.2) is 24.3 Å². The van der Waals surface area contributed by atoms with Crippen molar-refractivity contribution in [2.45, 2.75) is 110 Å². The molecular weight excluding hydrogens is 680 g/mol. The zero-order valence-corrected chi connectivity index (χ0v) is 34.2. The number of aliphatic hydroxyl groups is 1. The Hall–Kier alpha value is -2.65. The summed E-state index contributed by atoms with van der Waals surface area (Å²) in [5, 5.41) is 11.4. The van der Waals surface area contributed by atoms with Crippen molar-refractivity contribution >= 4 is 17.7 Å². The van der Waals surface area contributed by atoms with Crippen LogP contribution in [0.25, 0.3) is 0 Å². The number of esters is 1. The molecule has 4 rings (SSSR count). The van der Waals surface area contributed by atoms with Crippen molar-refractivity contribution in [3.8, 4) is 5.75 Å². The van der Waals surface area contributed by atoms with Crippen LogP contribution in [-0.4, -0.2) is 165 Å². The van der Waals surface area contributed by atoms with Gasteiger partial charge in [0.1, 0.15) is 23.4 Å². The Bertz CT molecular complexity index is 1400. The van der Waals surface area contributed by atoms with E-state index in [1.54, 1.807) is 47.1 Å². The fourth-order valence-electron chi connectivity index (χ4n) is 8.53. The smallest absolute Gasteiger partial charge is 0.319 e. The van der Waals surface area contributed by atoms with E-state index in [4.69, 9.17) is 23.7 Å². The number of nitrogens with zero attached hydrogens (tertiary/aromatic N) is 4. The van der Waals surface area contributed by atoms with E-state index in [0.717, 1.165) is 0 Å². The lowest BCUT2D eigenvalue weighted by Crippen LogP contribution is -2.59. The van der Waals surface area contributed by atoms with Gasteiger partial charge in [-0.15, -0.1) is 0 Å². The van der Waals surface area contributed by atoms with Gasteiger partial charge >= 0.3 is 5.97 Å². The molecule has 3 aliphatic rings. The summed E-state index contributed by atoms with van der Waals surface area (Å²) in [6.07, 6.45) is -2.36. The Morgan fingerprint density at radius 1 is 1.02 bits per heavy atom. The van der Waals surface area contributed by atoms with Gasteiger partial charge in [0.05, 0.1) is 36.5 Å². The van der Waals surface area contributed by atoms with E-state index >= 15 is 0 Å². The molecule has 3 heterocycles. The average molecular weight is 747 g/mol. The van der Waals surface area contributed by atoms with E-state index in [9.17, 15) is 19.5 Å². The van der Waals surface area contributed by atoms with Crippen LogP contribution in [0.3, 0.4) is 0 Å². The summed E-state index contributed by atoms with van der Waals surface area (Å²) in [5.41, 5.74) is -1.93. The Balaban J connectivity index is 1.57. The molecule has 0 spiro atoms. The van der Waals surface area contributed by atoms with Crippen LogP contribution >= 0.6 is 0 Å². The number of ketones is 1. The van der Waals surface area contributed by atoms with Crippen molar-refractivity contribution < 1.29 is 43.2 Å². The fraction of sp³-hybridized carbons (Fsp3) is 0.775. The van der Waals surface area contributed by atoms with E-state index in [0.29, 0.717) is 63.4 Å². The molecule has 0 bridgehead atoms. The van der Waals surface area contributed by atoms with Crippen molar-refractivity contribution in [2.75, 3.05) is 74.6 Å². The third kappa shape index (κ3) is 9.78. The largest absolute Gasteiger partial charge is 0.496 e. The van der Waals surface area contributed by atoms with E-state index < -0.39 is 47.5 Å². The molecule has 3 saturated heterocycles. The van der Waals surface area contributed by atoms with Crippen molar-refractivity contribution in [2.24, 2.45) is 17.3 Å². The number of hydrogen-bond donors (Lipinski definition) is 1. The lowest BCUT2D eigenvalue weighted by atomic mass is 9.74. The SMILES string of the molecule is COc1ccccc1C(=O)N1CCN(C[C@H]2[C@H](C)OC(=O)C(C)(C)C(=O)[C@H](C)[C@@H](O[C@@H]3O[C@H](C)C[C@H](N(C)C)[C@H]3O)[C@](C)(OC)C[C@@H](C)CN2C)CC1. The first-order valence-electron chi connectivity index (χ1n) is 19.1. The van der Waals surface area contributed by atoms with Gasteiger partial charge in [0, 0.05) is 58.3 Å². The second kappa shape index (κ2) is 17.9. The predicted octanol–water partition coefficient (Wildman–Crippen LogP) is 3.17. The van der Waals surface area contributed by atoms with Gasteiger partial charge in [-0.1, -0.05) is 26.0 Å². The van der Waals surface area contributed by atoms with Crippen molar-refractivity contribution in [1.29, 1.82) is 0 Å². The van der Waals surface area contributed by atoms with Crippen LogP contribution in [0.1, 0.15) is 71.7 Å². The number of benzene rings is 1. The number of carbonyl (C=O) groups is 3. The lowest BCUT2D eigenvalue weighted by Gasteiger charge is -2.47. The summed E-state index contributed by atoms with van der Waals surface area (Å²) in [7, 11) is 9.06. The van der Waals surface area contributed by atoms with Crippen molar-refractivity contribution in [3.05, 3.63) is 29.8 Å². The van der Waals surface area contributed by atoms with E-state index in [1.807, 2.05) is 63.8 Å². The average Bonchev–Trinajstić information content (AvgIpc) is 3.12. The highest BCUT2D eigenvalue weighted by Crippen LogP contribution is 2.38. The quantitative estimate of drug-likeness (QED) is 0.310. The van der Waals surface area contributed by atoms with Crippen LogP contribution in [0.4, 0.5) is 0 Å². The number of cyclic esters (lactones) is 1. The molecule has 0 radical (unpaired) electrons. The van der Waals surface area contributed by atoms with Gasteiger partial charge in [-0.3, -0.25) is 24.2 Å². The Morgan fingerprint density at radius 3 is 2.26 bits per heavy atom. The van der Waals surface area contributed by atoms with Gasteiger partial charge < -0.3 is 38.6 Å². The Kier molecular flexibility index (Phi) is 14.5. The number of carbonyl (C=O) groups excluding carboxylic acids is 3. The molecule has 0 aliphatic carbocycles. The first-order chi connectivity index (χ1) is 24.8. The standard InChI is InChI=1S/C40H66N4O9/c1-25-22-40(7,50-12)35(53-37-33(45)30(41(8)9)21-26(2)51-37)27(3)34(46)39(5,6)38(48)52-28(4)31(42(10)23-25)24-43-17-19-44(20-18-43)36(47)29-15-13-14-16-32(29)49-11/h13-16,25-28,30-31,33,35,37,45H,17-24H2,1-12H3/t25-,26-,27+,28+,30+,31+,33-,35-,37+,40-/m1/s1. The van der Waals surface area contributed by atoms with Gasteiger partial charge in [0.15, 0.2) is 12.1 Å². The number of likely N-dealkylation sites (N-methyl/N-ethyl adjacent to an activating group) is 2. The molecule has 1 amide bonds. The maximum absolute atomic E-state index is 14.4. The van der Waals surface area contributed by atoms with Crippen LogP contribution in [0, 0.1) is 17.3 Å². The number of Topliss-reactive ketones (excluding diaryl/α,β-unsaturated/α-hetero) is 1. The van der Waals surface area contributed by atoms with E-state index in [2.05, 4.69) is 16.7 Å². The molecule has 1 N–H and O–H groups in total. The summed E-state index contributed by atoms with van der Waals surface area (Å²) < 4.78 is 30.7. The highest BCUT2D eigenvalue weighted by Gasteiger charge is 2.52. The third-order valence-corrected chi connectivity index (χ3v) is 11.8. The molecule has 1 aromatic rings. The van der Waals surface area contributed by atoms with Crippen LogP contribution < -0.4 is 4.74 Å². The minimum atomic E-state index is -1.50. The normalized spacial score (nSPS) is 35.6. The summed E-state index contributed by atoms with van der Waals surface area (Å²) in [6.45, 7) is 16.6. The maximum Gasteiger partial charge on any atom is 0.319 e. The highest BCUT2D eigenvalue weighted by molar-refractivity contribution is 6.04. The molecule has 10 atom stereocenters. The number of rotatable bonds is 8. The molecular formula is C40H66N4O9. The predicted molar refractivity (Wildman–Crippen MR) is 202 cm³/mol. The van der Waals surface area contributed by atoms with Crippen molar-refractivity contribution in [1.82, 2.24) is 19.6 Å². The third-order valence-electron chi connectivity index (χ3n) is 11.8. The topological polar surface area (TPSA) is 131 Å². The summed E-state index contributed by atoms with van der Waals surface area (Å²) in [4.78, 5) is 50.1. The van der Waals surface area contributed by atoms with Crippen molar-refractivity contribution in [3.63, 3.8) is 0 Å². The minimum absolute atomic E-state index is 0.0568. The zero-order chi connectivity index (χ0) is 39.4. The van der Waals surface area contributed by atoms with Crippen LogP contribution in [0.2, 0.25) is 0 Å². The molecule has 0 unspecified atom stereocenters. The van der Waals surface area contributed by atoms with Crippen LogP contribution in [0.5, 0.6) is 5.75 Å². The Labute approximate surface area is 317 Å². The summed E-state index contributed by atoms with van der Waals surface area (Å²) in [6, 6.07) is 6.87. The van der Waals surface area contributed by atoms with Gasteiger partial charge in [-0.25, -0.2) is 0 Å². The summed E-state index contributed by atoms with van der Waals surface area (Å²) >= 11 is 0. The molecule has 0 saturated carbocycles. The molecule has 3 fully saturated rings. The number of aliphatic hydroxyl groups excluding tert-OH is 1. The number of piperazine rings is 1. The molecule has 13 nitrogen and oxygen atoms in total. The monoisotopic (exact) mass is 746 g/mol. The molecule has 3 aliphatic heterocycles. The molecule has 1 aromatic carbocycles. The minimum Gasteiger partial charge on any atom is -0.496 e. The number of methoxy groups -OCH3 is 2. The molecule has 300 valence electrons. The van der Waals surface area contributed by atoms with E-state index in [1.165, 1.54) is 0 Å². The van der Waals surface area contributed by atoms with E-state index in [-0.39, 0.29) is 35.8 Å². The lowest BCUT2D eigenvalue weighted by molar-refractivity contribution is -0.295. The number of amides is 1. The molecule has 0 aromatic heterocycles. The second-order valence-electron chi connectivity index (χ2n) is 16.6. The zero-order valence-electron chi connectivity index (χ0n) is 34.2. The second-order valence-corrected chi connectivity index (χ2v) is 16.6. The number of hydrogen-bond acceptors (Lipinski definition) is 12. The molecule has 13 heteroatoms. The number of para-hydroxylation sites is 1.